The summed E-state index contributed by atoms with van der Waals surface area (Å²) >= 11 is 1.76. The first-order chi connectivity index (χ1) is 10.8. The Balaban J connectivity index is 0.00000264. The summed E-state index contributed by atoms with van der Waals surface area (Å²) in [5, 5.41) is 8.85. The first kappa shape index (κ1) is 20.7. The fourth-order valence-corrected chi connectivity index (χ4v) is 3.55. The summed E-state index contributed by atoms with van der Waals surface area (Å²) < 4.78 is 5.99. The molecule has 23 heavy (non-hydrogen) atoms. The van der Waals surface area contributed by atoms with Crippen molar-refractivity contribution in [1.29, 1.82) is 0 Å². The Bertz CT molecular complexity index is 431. The van der Waals surface area contributed by atoms with E-state index in [9.17, 15) is 0 Å². The number of halogens is 1. The third-order valence-corrected chi connectivity index (χ3v) is 5.15. The molecule has 1 aromatic heterocycles. The zero-order valence-electron chi connectivity index (χ0n) is 14.2. The Hall–Kier alpha value is -0.340. The number of aliphatic imine (C=N–C) groups is 1. The second kappa shape index (κ2) is 12.1. The first-order valence-electron chi connectivity index (χ1n) is 8.42. The summed E-state index contributed by atoms with van der Waals surface area (Å²) in [6.45, 7) is 3.70. The molecule has 2 N–H and O–H groups in total. The number of hydrogen-bond acceptors (Lipinski definition) is 3. The minimum absolute atomic E-state index is 0. The minimum atomic E-state index is 0. The van der Waals surface area contributed by atoms with E-state index in [1.54, 1.807) is 11.3 Å². The quantitative estimate of drug-likeness (QED) is 0.223. The van der Waals surface area contributed by atoms with Crippen LogP contribution in [0.25, 0.3) is 0 Å². The van der Waals surface area contributed by atoms with Crippen molar-refractivity contribution in [1.82, 2.24) is 10.6 Å². The molecule has 0 bridgehead atoms. The molecular formula is C17H30IN3OS. The van der Waals surface area contributed by atoms with E-state index < -0.39 is 0 Å². The minimum Gasteiger partial charge on any atom is -0.376 e. The van der Waals surface area contributed by atoms with Crippen molar-refractivity contribution in [2.45, 2.75) is 57.6 Å². The second-order valence-electron chi connectivity index (χ2n) is 5.86. The monoisotopic (exact) mass is 451 g/mol. The van der Waals surface area contributed by atoms with Crippen molar-refractivity contribution >= 4 is 41.3 Å². The van der Waals surface area contributed by atoms with E-state index in [0.29, 0.717) is 6.10 Å². The molecule has 1 unspecified atom stereocenters. The molecule has 6 heteroatoms. The number of nitrogens with zero attached hydrogens (tertiary/aromatic N) is 1. The van der Waals surface area contributed by atoms with Gasteiger partial charge >= 0.3 is 0 Å². The smallest absolute Gasteiger partial charge is 0.191 e. The molecule has 4 nitrogen and oxygen atoms in total. The first-order valence-corrected chi connectivity index (χ1v) is 9.29. The lowest BCUT2D eigenvalue weighted by molar-refractivity contribution is 0.0468. The summed E-state index contributed by atoms with van der Waals surface area (Å²) in [4.78, 5) is 5.60. The van der Waals surface area contributed by atoms with E-state index in [-0.39, 0.29) is 30.0 Å². The number of rotatable bonds is 6. The van der Waals surface area contributed by atoms with E-state index in [4.69, 9.17) is 4.74 Å². The van der Waals surface area contributed by atoms with Crippen LogP contribution in [0.2, 0.25) is 0 Å². The van der Waals surface area contributed by atoms with Gasteiger partial charge < -0.3 is 15.4 Å². The van der Waals surface area contributed by atoms with Gasteiger partial charge in [0.05, 0.1) is 18.8 Å². The summed E-state index contributed by atoms with van der Waals surface area (Å²) in [5.41, 5.74) is 0. The van der Waals surface area contributed by atoms with Gasteiger partial charge in [-0.2, -0.15) is 0 Å². The van der Waals surface area contributed by atoms with Gasteiger partial charge in [0.25, 0.3) is 0 Å². The Labute approximate surface area is 161 Å². The van der Waals surface area contributed by atoms with Gasteiger partial charge in [0.2, 0.25) is 0 Å². The van der Waals surface area contributed by atoms with Crippen LogP contribution >= 0.6 is 35.3 Å². The van der Waals surface area contributed by atoms with E-state index in [1.165, 1.54) is 43.4 Å². The van der Waals surface area contributed by atoms with Gasteiger partial charge in [-0.3, -0.25) is 4.99 Å². The normalized spacial score (nSPS) is 17.9. The van der Waals surface area contributed by atoms with Crippen molar-refractivity contribution in [2.24, 2.45) is 4.99 Å². The van der Waals surface area contributed by atoms with Crippen LogP contribution in [0.5, 0.6) is 0 Å². The third-order valence-electron chi connectivity index (χ3n) is 4.10. The highest BCUT2D eigenvalue weighted by Gasteiger charge is 2.12. The van der Waals surface area contributed by atoms with Crippen LogP contribution in [-0.4, -0.2) is 32.3 Å². The Kier molecular flexibility index (Phi) is 10.9. The summed E-state index contributed by atoms with van der Waals surface area (Å²) in [7, 11) is 1.81. The van der Waals surface area contributed by atoms with Crippen LogP contribution in [0, 0.1) is 0 Å². The number of nitrogens with one attached hydrogen (secondary N) is 2. The molecule has 1 saturated carbocycles. The third kappa shape index (κ3) is 7.85. The van der Waals surface area contributed by atoms with Crippen LogP contribution < -0.4 is 10.6 Å². The van der Waals surface area contributed by atoms with Crippen molar-refractivity contribution in [3.8, 4) is 0 Å². The van der Waals surface area contributed by atoms with Crippen molar-refractivity contribution in [2.75, 3.05) is 20.2 Å². The highest BCUT2D eigenvalue weighted by molar-refractivity contribution is 14.0. The molecule has 0 aromatic carbocycles. The number of ether oxygens (including phenoxy) is 1. The molecule has 0 spiro atoms. The fourth-order valence-electron chi connectivity index (χ4n) is 2.81. The fraction of sp³-hybridized carbons (Fsp3) is 0.706. The Morgan fingerprint density at radius 2 is 2.09 bits per heavy atom. The molecule has 0 aliphatic heterocycles. The van der Waals surface area contributed by atoms with Gasteiger partial charge in [-0.1, -0.05) is 31.7 Å². The lowest BCUT2D eigenvalue weighted by atomic mass is 10.1. The maximum Gasteiger partial charge on any atom is 0.191 e. The van der Waals surface area contributed by atoms with Gasteiger partial charge in [0.15, 0.2) is 5.96 Å². The number of thiophene rings is 1. The van der Waals surface area contributed by atoms with Gasteiger partial charge in [0.1, 0.15) is 0 Å². The lowest BCUT2D eigenvalue weighted by Crippen LogP contribution is -2.40. The zero-order chi connectivity index (χ0) is 15.6. The molecule has 0 amide bonds. The van der Waals surface area contributed by atoms with Gasteiger partial charge in [-0.05, 0) is 31.2 Å². The molecular weight excluding hydrogens is 421 g/mol. The predicted molar refractivity (Wildman–Crippen MR) is 110 cm³/mol. The van der Waals surface area contributed by atoms with Crippen LogP contribution in [0.15, 0.2) is 22.5 Å². The van der Waals surface area contributed by atoms with Crippen LogP contribution in [0.1, 0.15) is 56.4 Å². The predicted octanol–water partition coefficient (Wildman–Crippen LogP) is 4.33. The second-order valence-corrected chi connectivity index (χ2v) is 6.84. The van der Waals surface area contributed by atoms with Crippen molar-refractivity contribution in [3.63, 3.8) is 0 Å². The highest BCUT2D eigenvalue weighted by atomic mass is 127. The summed E-state index contributed by atoms with van der Waals surface area (Å²) in [6.07, 6.45) is 8.29. The molecule has 1 fully saturated rings. The largest absolute Gasteiger partial charge is 0.376 e. The van der Waals surface area contributed by atoms with Crippen LogP contribution in [0.4, 0.5) is 0 Å². The van der Waals surface area contributed by atoms with E-state index in [1.807, 2.05) is 7.05 Å². The molecule has 2 rings (SSSR count). The van der Waals surface area contributed by atoms with Crippen LogP contribution in [0.3, 0.4) is 0 Å². The maximum atomic E-state index is 5.99. The van der Waals surface area contributed by atoms with E-state index in [2.05, 4.69) is 40.1 Å². The molecule has 132 valence electrons. The molecule has 1 heterocycles. The summed E-state index contributed by atoms with van der Waals surface area (Å²) in [5.74, 6) is 0.838. The Morgan fingerprint density at radius 1 is 1.35 bits per heavy atom. The molecule has 1 aromatic rings. The number of hydrogen-bond donors (Lipinski definition) is 2. The molecule has 0 saturated heterocycles. The molecule has 1 aliphatic rings. The molecule has 0 radical (unpaired) electrons. The van der Waals surface area contributed by atoms with Crippen LogP contribution in [-0.2, 0) is 4.74 Å². The van der Waals surface area contributed by atoms with Gasteiger partial charge in [-0.25, -0.2) is 0 Å². The van der Waals surface area contributed by atoms with E-state index in [0.717, 1.165) is 19.1 Å². The van der Waals surface area contributed by atoms with Gasteiger partial charge in [0, 0.05) is 18.5 Å². The lowest BCUT2D eigenvalue weighted by Gasteiger charge is -2.18. The highest BCUT2D eigenvalue weighted by Crippen LogP contribution is 2.19. The standard InChI is InChI=1S/C17H29N3OS.HI/c1-14(16-10-7-13-22-16)20-17(18-2)19-11-12-21-15-8-5-3-4-6-9-15;/h7,10,13-15H,3-6,8-9,11-12H2,1-2H3,(H2,18,19,20);1H. The SMILES string of the molecule is CN=C(NCCOC1CCCCCC1)NC(C)c1cccs1.I. The topological polar surface area (TPSA) is 45.7 Å². The summed E-state index contributed by atoms with van der Waals surface area (Å²) in [6, 6.07) is 4.49. The van der Waals surface area contributed by atoms with Gasteiger partial charge in [-0.15, -0.1) is 35.3 Å². The average molecular weight is 451 g/mol. The van der Waals surface area contributed by atoms with E-state index >= 15 is 0 Å². The zero-order valence-corrected chi connectivity index (χ0v) is 17.4. The number of guanidine groups is 1. The maximum absolute atomic E-state index is 5.99. The van der Waals surface area contributed by atoms with Crippen molar-refractivity contribution < 1.29 is 4.74 Å². The molecule has 1 atom stereocenters. The van der Waals surface area contributed by atoms with Crippen molar-refractivity contribution in [3.05, 3.63) is 22.4 Å². The Morgan fingerprint density at radius 3 is 2.70 bits per heavy atom. The molecule has 1 aliphatic carbocycles. The average Bonchev–Trinajstić information content (AvgIpc) is 2.95.